The lowest BCUT2D eigenvalue weighted by atomic mass is 10.1. The lowest BCUT2D eigenvalue weighted by Crippen LogP contribution is -2.54. The van der Waals surface area contributed by atoms with Gasteiger partial charge < -0.3 is 4.74 Å². The van der Waals surface area contributed by atoms with Gasteiger partial charge in [-0.25, -0.2) is 4.39 Å². The number of benzene rings is 3. The van der Waals surface area contributed by atoms with E-state index >= 15 is 0 Å². The molecule has 0 radical (unpaired) electrons. The highest BCUT2D eigenvalue weighted by molar-refractivity contribution is 9.10. The molecule has 1 N–H and O–H groups in total. The molecular weight excluding hydrogens is 507 g/mol. The highest BCUT2D eigenvalue weighted by Crippen LogP contribution is 2.29. The Morgan fingerprint density at radius 2 is 1.76 bits per heavy atom. The van der Waals surface area contributed by atoms with Gasteiger partial charge in [0, 0.05) is 0 Å². The summed E-state index contributed by atoms with van der Waals surface area (Å²) in [7, 11) is 0. The van der Waals surface area contributed by atoms with E-state index in [2.05, 4.69) is 21.2 Å². The number of thiocarbonyl (C=S) groups is 1. The van der Waals surface area contributed by atoms with Gasteiger partial charge in [0.05, 0.1) is 10.2 Å². The van der Waals surface area contributed by atoms with Crippen LogP contribution in [0, 0.1) is 12.7 Å². The molecule has 3 aromatic carbocycles. The SMILES string of the molecule is Cc1ccc(N2C(=O)C(=Cc3ccc(OCc4ccc(F)cc4)c(Br)c3)C(=O)NC2=S)cc1. The fourth-order valence-corrected chi connectivity index (χ4v) is 4.01. The van der Waals surface area contributed by atoms with E-state index in [0.717, 1.165) is 11.1 Å². The molecule has 0 unspecified atom stereocenters. The van der Waals surface area contributed by atoms with E-state index in [1.165, 1.54) is 23.1 Å². The van der Waals surface area contributed by atoms with Crippen molar-refractivity contribution in [3.8, 4) is 5.75 Å². The molecule has 0 aliphatic carbocycles. The summed E-state index contributed by atoms with van der Waals surface area (Å²) in [6.45, 7) is 2.21. The van der Waals surface area contributed by atoms with Crippen molar-refractivity contribution in [3.05, 3.63) is 99.3 Å². The smallest absolute Gasteiger partial charge is 0.270 e. The molecule has 3 aromatic rings. The number of nitrogens with one attached hydrogen (secondary N) is 1. The minimum absolute atomic E-state index is 0.0314. The van der Waals surface area contributed by atoms with E-state index in [-0.39, 0.29) is 23.1 Å². The second-order valence-electron chi connectivity index (χ2n) is 7.40. The lowest BCUT2D eigenvalue weighted by Gasteiger charge is -2.29. The van der Waals surface area contributed by atoms with Crippen LogP contribution in [0.15, 0.2) is 76.8 Å². The molecule has 1 heterocycles. The largest absolute Gasteiger partial charge is 0.488 e. The fraction of sp³-hybridized carbons (Fsp3) is 0.0800. The van der Waals surface area contributed by atoms with Crippen molar-refractivity contribution in [2.45, 2.75) is 13.5 Å². The molecule has 1 aliphatic rings. The Balaban J connectivity index is 1.55. The van der Waals surface area contributed by atoms with Gasteiger partial charge >= 0.3 is 0 Å². The topological polar surface area (TPSA) is 58.6 Å². The number of rotatable bonds is 5. The van der Waals surface area contributed by atoms with E-state index in [0.29, 0.717) is 21.5 Å². The Hall–Kier alpha value is -3.36. The first-order valence-electron chi connectivity index (χ1n) is 9.97. The minimum atomic E-state index is -0.555. The van der Waals surface area contributed by atoms with Crippen molar-refractivity contribution >= 4 is 56.8 Å². The van der Waals surface area contributed by atoms with E-state index in [1.807, 2.05) is 19.1 Å². The van der Waals surface area contributed by atoms with Crippen LogP contribution in [0.2, 0.25) is 0 Å². The number of carbonyl (C=O) groups excluding carboxylic acids is 2. The zero-order chi connectivity index (χ0) is 23.5. The van der Waals surface area contributed by atoms with Gasteiger partial charge in [0.2, 0.25) is 0 Å². The molecule has 0 atom stereocenters. The van der Waals surface area contributed by atoms with Gasteiger partial charge in [0.25, 0.3) is 11.8 Å². The maximum absolute atomic E-state index is 13.1. The summed E-state index contributed by atoms with van der Waals surface area (Å²) in [4.78, 5) is 26.9. The number of hydrogen-bond donors (Lipinski definition) is 1. The van der Waals surface area contributed by atoms with Crippen molar-refractivity contribution in [2.24, 2.45) is 0 Å². The normalized spacial score (nSPS) is 15.1. The van der Waals surface area contributed by atoms with Crippen LogP contribution in [0.3, 0.4) is 0 Å². The Bertz CT molecular complexity index is 1270. The molecule has 0 spiro atoms. The van der Waals surface area contributed by atoms with Gasteiger partial charge in [-0.2, -0.15) is 0 Å². The Morgan fingerprint density at radius 1 is 1.06 bits per heavy atom. The van der Waals surface area contributed by atoms with Crippen molar-refractivity contribution in [2.75, 3.05) is 4.90 Å². The van der Waals surface area contributed by atoms with E-state index in [1.54, 1.807) is 42.5 Å². The summed E-state index contributed by atoms with van der Waals surface area (Å²) in [5.41, 5.74) is 3.04. The van der Waals surface area contributed by atoms with E-state index in [9.17, 15) is 14.0 Å². The number of anilines is 1. The second kappa shape index (κ2) is 9.64. The second-order valence-corrected chi connectivity index (χ2v) is 8.64. The quantitative estimate of drug-likeness (QED) is 0.279. The van der Waals surface area contributed by atoms with E-state index in [4.69, 9.17) is 17.0 Å². The van der Waals surface area contributed by atoms with E-state index < -0.39 is 11.8 Å². The van der Waals surface area contributed by atoms with Crippen LogP contribution in [0.5, 0.6) is 5.75 Å². The monoisotopic (exact) mass is 524 g/mol. The Labute approximate surface area is 204 Å². The highest BCUT2D eigenvalue weighted by atomic mass is 79.9. The fourth-order valence-electron chi connectivity index (χ4n) is 3.22. The molecule has 4 rings (SSSR count). The van der Waals surface area contributed by atoms with Crippen LogP contribution < -0.4 is 15.0 Å². The predicted molar refractivity (Wildman–Crippen MR) is 132 cm³/mol. The summed E-state index contributed by atoms with van der Waals surface area (Å²) >= 11 is 8.69. The average Bonchev–Trinajstić information content (AvgIpc) is 2.78. The number of amides is 2. The summed E-state index contributed by atoms with van der Waals surface area (Å²) in [6, 6.07) is 18.6. The summed E-state index contributed by atoms with van der Waals surface area (Å²) < 4.78 is 19.5. The number of ether oxygens (including phenoxy) is 1. The summed E-state index contributed by atoms with van der Waals surface area (Å²) in [6.07, 6.45) is 1.51. The number of aryl methyl sites for hydroxylation is 1. The standard InChI is InChI=1S/C25H18BrFN2O3S/c1-15-2-9-19(10-3-15)29-24(31)20(23(30)28-25(29)33)12-17-6-11-22(21(26)13-17)32-14-16-4-7-18(27)8-5-16/h2-13H,14H2,1H3,(H,28,30,33). The maximum Gasteiger partial charge on any atom is 0.270 e. The van der Waals surface area contributed by atoms with Gasteiger partial charge in [0.1, 0.15) is 23.7 Å². The number of nitrogens with zero attached hydrogens (tertiary/aromatic N) is 1. The average molecular weight is 525 g/mol. The lowest BCUT2D eigenvalue weighted by molar-refractivity contribution is -0.122. The van der Waals surface area contributed by atoms with Gasteiger partial charge in [-0.1, -0.05) is 35.9 Å². The third-order valence-electron chi connectivity index (χ3n) is 4.97. The van der Waals surface area contributed by atoms with Crippen LogP contribution in [-0.2, 0) is 16.2 Å². The van der Waals surface area contributed by atoms with Crippen LogP contribution in [0.1, 0.15) is 16.7 Å². The molecule has 1 aliphatic heterocycles. The molecule has 5 nitrogen and oxygen atoms in total. The molecule has 2 amide bonds. The molecular formula is C25H18BrFN2O3S. The predicted octanol–water partition coefficient (Wildman–Crippen LogP) is 5.31. The summed E-state index contributed by atoms with van der Waals surface area (Å²) in [5, 5.41) is 2.62. The highest BCUT2D eigenvalue weighted by Gasteiger charge is 2.34. The van der Waals surface area contributed by atoms with Gasteiger partial charge in [0.15, 0.2) is 5.11 Å². The molecule has 1 fully saturated rings. The minimum Gasteiger partial charge on any atom is -0.488 e. The van der Waals surface area contributed by atoms with Crippen molar-refractivity contribution in [1.29, 1.82) is 0 Å². The molecule has 0 saturated carbocycles. The number of halogens is 2. The molecule has 0 bridgehead atoms. The third-order valence-corrected chi connectivity index (χ3v) is 5.87. The first-order valence-corrected chi connectivity index (χ1v) is 11.2. The number of hydrogen-bond acceptors (Lipinski definition) is 4. The molecule has 166 valence electrons. The molecule has 33 heavy (non-hydrogen) atoms. The molecule has 0 aromatic heterocycles. The van der Waals surface area contributed by atoms with Crippen LogP contribution in [-0.4, -0.2) is 16.9 Å². The summed E-state index contributed by atoms with van der Waals surface area (Å²) in [5.74, 6) is -0.787. The Kier molecular flexibility index (Phi) is 6.67. The Morgan fingerprint density at radius 3 is 2.42 bits per heavy atom. The maximum atomic E-state index is 13.1. The van der Waals surface area contributed by atoms with Crippen LogP contribution in [0.25, 0.3) is 6.08 Å². The first-order chi connectivity index (χ1) is 15.8. The van der Waals surface area contributed by atoms with Gasteiger partial charge in [-0.3, -0.25) is 19.8 Å². The third kappa shape index (κ3) is 5.18. The van der Waals surface area contributed by atoms with Gasteiger partial charge in [-0.15, -0.1) is 0 Å². The zero-order valence-corrected chi connectivity index (χ0v) is 19.9. The van der Waals surface area contributed by atoms with Crippen molar-refractivity contribution in [1.82, 2.24) is 5.32 Å². The zero-order valence-electron chi connectivity index (χ0n) is 17.5. The first kappa shape index (κ1) is 22.8. The van der Waals surface area contributed by atoms with Crippen LogP contribution >= 0.6 is 28.1 Å². The number of carbonyl (C=O) groups is 2. The van der Waals surface area contributed by atoms with Crippen molar-refractivity contribution < 1.29 is 18.7 Å². The van der Waals surface area contributed by atoms with Gasteiger partial charge in [-0.05, 0) is 88.7 Å². The van der Waals surface area contributed by atoms with Crippen LogP contribution in [0.4, 0.5) is 10.1 Å². The van der Waals surface area contributed by atoms with Crippen molar-refractivity contribution in [3.63, 3.8) is 0 Å². The molecule has 8 heteroatoms. The molecule has 1 saturated heterocycles.